The van der Waals surface area contributed by atoms with Gasteiger partial charge in [0.15, 0.2) is 0 Å². The number of carbonyl (C=O) groups is 1. The van der Waals surface area contributed by atoms with Crippen molar-refractivity contribution >= 4 is 5.97 Å². The third-order valence-corrected chi connectivity index (χ3v) is 1.81. The fourth-order valence-corrected chi connectivity index (χ4v) is 0.866. The van der Waals surface area contributed by atoms with Crippen LogP contribution in [0.5, 0.6) is 0 Å². The lowest BCUT2D eigenvalue weighted by Gasteiger charge is -2.10. The fraction of sp³-hybridized carbons (Fsp3) is 0.583. The molecule has 0 N–H and O–H groups in total. The highest BCUT2D eigenvalue weighted by Gasteiger charge is 2.03. The molecule has 0 rings (SSSR count). The first kappa shape index (κ1) is 12.9. The summed E-state index contributed by atoms with van der Waals surface area (Å²) < 4.78 is 4.96. The van der Waals surface area contributed by atoms with Crippen LogP contribution in [-0.4, -0.2) is 12.6 Å². The van der Waals surface area contributed by atoms with E-state index in [1.807, 2.05) is 26.0 Å². The van der Waals surface area contributed by atoms with E-state index in [1.54, 1.807) is 0 Å². The lowest BCUT2D eigenvalue weighted by Crippen LogP contribution is -2.07. The van der Waals surface area contributed by atoms with Crippen LogP contribution in [0.3, 0.4) is 0 Å². The van der Waals surface area contributed by atoms with Gasteiger partial charge in [0.25, 0.3) is 0 Å². The maximum Gasteiger partial charge on any atom is 0.302 e. The van der Waals surface area contributed by atoms with Crippen LogP contribution in [0.4, 0.5) is 0 Å². The second kappa shape index (κ2) is 6.41. The van der Waals surface area contributed by atoms with Gasteiger partial charge < -0.3 is 4.74 Å². The monoisotopic (exact) mass is 196 g/mol. The molecule has 0 heterocycles. The summed E-state index contributed by atoms with van der Waals surface area (Å²) in [7, 11) is 0. The van der Waals surface area contributed by atoms with Gasteiger partial charge in [-0.3, -0.25) is 4.79 Å². The molecule has 0 amide bonds. The van der Waals surface area contributed by atoms with E-state index in [4.69, 9.17) is 4.74 Å². The summed E-state index contributed by atoms with van der Waals surface area (Å²) in [6.07, 6.45) is 4.07. The molecule has 0 aliphatic rings. The molecule has 0 atom stereocenters. The maximum atomic E-state index is 10.6. The quantitative estimate of drug-likeness (QED) is 0.510. The third-order valence-electron chi connectivity index (χ3n) is 1.81. The zero-order valence-electron chi connectivity index (χ0n) is 9.76. The van der Waals surface area contributed by atoms with E-state index in [-0.39, 0.29) is 5.97 Å². The molecule has 0 unspecified atom stereocenters. The summed E-state index contributed by atoms with van der Waals surface area (Å²) in [5, 5.41) is 0. The Balaban J connectivity index is 4.37. The first-order valence-corrected chi connectivity index (χ1v) is 4.90. The molecule has 2 nitrogen and oxygen atoms in total. The number of esters is 1. The van der Waals surface area contributed by atoms with E-state index in [0.29, 0.717) is 12.5 Å². The highest BCUT2D eigenvalue weighted by atomic mass is 16.5. The second-order valence-electron chi connectivity index (χ2n) is 3.92. The smallest absolute Gasteiger partial charge is 0.302 e. The fourth-order valence-electron chi connectivity index (χ4n) is 0.866. The van der Waals surface area contributed by atoms with Crippen molar-refractivity contribution in [3.05, 3.63) is 23.3 Å². The van der Waals surface area contributed by atoms with Crippen molar-refractivity contribution in [3.63, 3.8) is 0 Å². The van der Waals surface area contributed by atoms with Gasteiger partial charge in [0.1, 0.15) is 6.61 Å². The normalized spacial score (nSPS) is 11.4. The number of allylic oxidation sites excluding steroid dienone is 3. The summed E-state index contributed by atoms with van der Waals surface area (Å²) >= 11 is 0. The predicted octanol–water partition coefficient (Wildman–Crippen LogP) is 3.10. The van der Waals surface area contributed by atoms with Crippen molar-refractivity contribution in [2.24, 2.45) is 5.92 Å². The van der Waals surface area contributed by atoms with Crippen LogP contribution in [0.2, 0.25) is 0 Å². The van der Waals surface area contributed by atoms with E-state index in [2.05, 4.69) is 13.8 Å². The molecular formula is C12H20O2. The highest BCUT2D eigenvalue weighted by molar-refractivity contribution is 5.66. The second-order valence-corrected chi connectivity index (χ2v) is 3.92. The van der Waals surface area contributed by atoms with Crippen molar-refractivity contribution in [1.82, 2.24) is 0 Å². The molecule has 0 bridgehead atoms. The molecular weight excluding hydrogens is 176 g/mol. The highest BCUT2D eigenvalue weighted by Crippen LogP contribution is 2.10. The topological polar surface area (TPSA) is 26.3 Å². The molecule has 0 aromatic carbocycles. The van der Waals surface area contributed by atoms with Crippen molar-refractivity contribution < 1.29 is 9.53 Å². The number of hydrogen-bond acceptors (Lipinski definition) is 2. The number of ether oxygens (including phenoxy) is 1. The minimum atomic E-state index is -0.228. The Bertz CT molecular complexity index is 243. The van der Waals surface area contributed by atoms with Gasteiger partial charge >= 0.3 is 5.97 Å². The van der Waals surface area contributed by atoms with Gasteiger partial charge in [0, 0.05) is 6.92 Å². The van der Waals surface area contributed by atoms with Gasteiger partial charge in [0.2, 0.25) is 0 Å². The van der Waals surface area contributed by atoms with E-state index in [9.17, 15) is 4.79 Å². The first-order valence-electron chi connectivity index (χ1n) is 4.90. The molecule has 0 saturated heterocycles. The van der Waals surface area contributed by atoms with Crippen LogP contribution in [0, 0.1) is 5.92 Å². The van der Waals surface area contributed by atoms with Crippen LogP contribution >= 0.6 is 0 Å². The average Bonchev–Trinajstić information content (AvgIpc) is 2.02. The molecule has 0 radical (unpaired) electrons. The van der Waals surface area contributed by atoms with Gasteiger partial charge in [0.05, 0.1) is 0 Å². The molecule has 0 saturated carbocycles. The van der Waals surface area contributed by atoms with Gasteiger partial charge in [-0.2, -0.15) is 0 Å². The molecule has 2 heteroatoms. The van der Waals surface area contributed by atoms with Crippen LogP contribution in [-0.2, 0) is 9.53 Å². The molecule has 0 fully saturated rings. The van der Waals surface area contributed by atoms with E-state index in [0.717, 1.165) is 5.57 Å². The predicted molar refractivity (Wildman–Crippen MR) is 59.0 cm³/mol. The first-order chi connectivity index (χ1) is 6.43. The minimum Gasteiger partial charge on any atom is -0.461 e. The van der Waals surface area contributed by atoms with Crippen molar-refractivity contribution in [1.29, 1.82) is 0 Å². The molecule has 0 aliphatic heterocycles. The van der Waals surface area contributed by atoms with Crippen LogP contribution in [0.1, 0.15) is 34.6 Å². The Morgan fingerprint density at radius 2 is 1.79 bits per heavy atom. The number of carbonyl (C=O) groups excluding carboxylic acids is 1. The number of rotatable bonds is 4. The lowest BCUT2D eigenvalue weighted by molar-refractivity contribution is -0.140. The Morgan fingerprint density at radius 3 is 2.14 bits per heavy atom. The van der Waals surface area contributed by atoms with Crippen LogP contribution < -0.4 is 0 Å². The lowest BCUT2D eigenvalue weighted by atomic mass is 10.0. The van der Waals surface area contributed by atoms with E-state index >= 15 is 0 Å². The molecule has 0 spiro atoms. The zero-order valence-corrected chi connectivity index (χ0v) is 9.76. The standard InChI is InChI=1S/C12H20O2/c1-9(2)6-7-12(10(3)4)8-14-11(5)13/h6-7,10H,8H2,1-5H3. The molecule has 14 heavy (non-hydrogen) atoms. The number of hydrogen-bond donors (Lipinski definition) is 0. The minimum absolute atomic E-state index is 0.228. The van der Waals surface area contributed by atoms with Gasteiger partial charge in [-0.15, -0.1) is 0 Å². The van der Waals surface area contributed by atoms with Crippen molar-refractivity contribution in [3.8, 4) is 0 Å². The van der Waals surface area contributed by atoms with E-state index in [1.165, 1.54) is 12.5 Å². The Kier molecular flexibility index (Phi) is 5.93. The molecule has 0 aliphatic carbocycles. The Labute approximate surface area is 86.6 Å². The van der Waals surface area contributed by atoms with Gasteiger partial charge in [-0.1, -0.05) is 31.6 Å². The SMILES string of the molecule is CC(=O)OCC(=CC=C(C)C)C(C)C. The summed E-state index contributed by atoms with van der Waals surface area (Å²) in [6.45, 7) is 10.1. The summed E-state index contributed by atoms with van der Waals surface area (Å²) in [4.78, 5) is 10.6. The van der Waals surface area contributed by atoms with Gasteiger partial charge in [-0.25, -0.2) is 0 Å². The maximum absolute atomic E-state index is 10.6. The van der Waals surface area contributed by atoms with Crippen LogP contribution in [0.25, 0.3) is 0 Å². The molecule has 80 valence electrons. The van der Waals surface area contributed by atoms with Crippen molar-refractivity contribution in [2.45, 2.75) is 34.6 Å². The van der Waals surface area contributed by atoms with Crippen LogP contribution in [0.15, 0.2) is 23.3 Å². The summed E-state index contributed by atoms with van der Waals surface area (Å²) in [5.41, 5.74) is 2.38. The Morgan fingerprint density at radius 1 is 1.21 bits per heavy atom. The summed E-state index contributed by atoms with van der Waals surface area (Å²) in [6, 6.07) is 0. The molecule has 0 aromatic rings. The third kappa shape index (κ3) is 6.46. The largest absolute Gasteiger partial charge is 0.461 e. The van der Waals surface area contributed by atoms with E-state index < -0.39 is 0 Å². The summed E-state index contributed by atoms with van der Waals surface area (Å²) in [5.74, 6) is 0.179. The Hall–Kier alpha value is -1.05. The molecule has 0 aromatic heterocycles. The zero-order chi connectivity index (χ0) is 11.1. The van der Waals surface area contributed by atoms with Crippen molar-refractivity contribution in [2.75, 3.05) is 6.61 Å². The van der Waals surface area contributed by atoms with Gasteiger partial charge in [-0.05, 0) is 25.3 Å². The average molecular weight is 196 g/mol.